The first-order chi connectivity index (χ1) is 28.4. The standard InChI is InChI=1S/C43H57N7O9S/c1-8-27-20-26(2)12-9-10-13-28-23-43(28,40(53)48(6)60(55,56)31-15-16-31)47-37(51)34-22-30(25-49(34)39(52)36(27)46-41(54)59-42(3,4)5)58-38-32-17-14-29(57-7)21-33(32)35(24-44-38)50-19-11-18-45-50/h10-11,13-14,17-19,21,24,26-28,30-31,34,36H,8-9,12,15-16,20,22-23,25H2,1-7H3,(H,46,54)(H,47,51)/b13-10-/t26-,27-,28-,30-,34+,36+,43-/m1/s1. The summed E-state index contributed by atoms with van der Waals surface area (Å²) in [6.07, 6.45) is 11.2. The molecule has 3 aromatic rings. The fraction of sp³-hybridized carbons (Fsp3) is 0.581. The first kappa shape index (κ1) is 42.9. The highest BCUT2D eigenvalue weighted by Gasteiger charge is 2.63. The quantitative estimate of drug-likeness (QED) is 0.279. The number of pyridine rings is 1. The van der Waals surface area contributed by atoms with Gasteiger partial charge in [0.05, 0.1) is 30.8 Å². The van der Waals surface area contributed by atoms with Gasteiger partial charge in [-0.2, -0.15) is 5.10 Å². The number of likely N-dealkylation sites (N-methyl/N-ethyl adjacent to an activating group) is 1. The van der Waals surface area contributed by atoms with E-state index in [0.29, 0.717) is 48.9 Å². The van der Waals surface area contributed by atoms with Crippen molar-refractivity contribution in [3.63, 3.8) is 0 Å². The van der Waals surface area contributed by atoms with Crippen molar-refractivity contribution in [3.05, 3.63) is 55.0 Å². The minimum Gasteiger partial charge on any atom is -0.497 e. The van der Waals surface area contributed by atoms with Crippen LogP contribution in [0.15, 0.2) is 55.0 Å². The van der Waals surface area contributed by atoms with E-state index in [9.17, 15) is 22.8 Å². The molecule has 324 valence electrons. The molecule has 0 unspecified atom stereocenters. The van der Waals surface area contributed by atoms with Crippen LogP contribution in [0, 0.1) is 17.8 Å². The van der Waals surface area contributed by atoms with Crippen LogP contribution >= 0.6 is 0 Å². The van der Waals surface area contributed by atoms with Crippen LogP contribution in [0.25, 0.3) is 16.5 Å². The van der Waals surface area contributed by atoms with E-state index in [0.717, 1.165) is 16.1 Å². The molecule has 2 N–H and O–H groups in total. The summed E-state index contributed by atoms with van der Waals surface area (Å²) in [6.45, 7) is 9.25. The topological polar surface area (TPSA) is 191 Å². The van der Waals surface area contributed by atoms with Crippen molar-refractivity contribution in [3.8, 4) is 17.3 Å². The maximum atomic E-state index is 15.1. The number of hydrogen-bond acceptors (Lipinski definition) is 11. The number of allylic oxidation sites excluding steroid dienone is 1. The zero-order valence-corrected chi connectivity index (χ0v) is 36.2. The average molecular weight is 848 g/mol. The van der Waals surface area contributed by atoms with Crippen molar-refractivity contribution < 1.29 is 41.8 Å². The van der Waals surface area contributed by atoms with Gasteiger partial charge in [0.1, 0.15) is 35.1 Å². The van der Waals surface area contributed by atoms with Gasteiger partial charge in [-0.25, -0.2) is 27.2 Å². The molecule has 7 rings (SSSR count). The van der Waals surface area contributed by atoms with Crippen LogP contribution in [-0.2, 0) is 29.1 Å². The number of amides is 4. The highest BCUT2D eigenvalue weighted by Crippen LogP contribution is 2.48. The van der Waals surface area contributed by atoms with E-state index in [-0.39, 0.29) is 37.1 Å². The summed E-state index contributed by atoms with van der Waals surface area (Å²) >= 11 is 0. The molecular weight excluding hydrogens is 791 g/mol. The molecular formula is C43H57N7O9S. The fourth-order valence-corrected chi connectivity index (χ4v) is 10.2. The monoisotopic (exact) mass is 847 g/mol. The van der Waals surface area contributed by atoms with Crippen LogP contribution in [0.4, 0.5) is 4.79 Å². The largest absolute Gasteiger partial charge is 0.497 e. The maximum absolute atomic E-state index is 15.1. The summed E-state index contributed by atoms with van der Waals surface area (Å²) in [5.41, 5.74) is -1.68. The Kier molecular flexibility index (Phi) is 11.9. The van der Waals surface area contributed by atoms with Crippen LogP contribution in [0.1, 0.15) is 86.0 Å². The summed E-state index contributed by atoms with van der Waals surface area (Å²) in [4.78, 5) is 63.6. The van der Waals surface area contributed by atoms with Gasteiger partial charge < -0.3 is 29.7 Å². The van der Waals surface area contributed by atoms with E-state index >= 15 is 4.79 Å². The number of methoxy groups -OCH3 is 1. The predicted octanol–water partition coefficient (Wildman–Crippen LogP) is 4.90. The van der Waals surface area contributed by atoms with Gasteiger partial charge in [-0.05, 0) is 95.4 Å². The fourth-order valence-electron chi connectivity index (χ4n) is 8.59. The third kappa shape index (κ3) is 8.82. The Morgan fingerprint density at radius 2 is 1.88 bits per heavy atom. The number of sulfonamides is 1. The molecule has 2 aliphatic heterocycles. The number of nitrogens with zero attached hydrogens (tertiary/aromatic N) is 5. The Bertz CT molecular complexity index is 2250. The second-order valence-corrected chi connectivity index (χ2v) is 20.0. The van der Waals surface area contributed by atoms with Gasteiger partial charge in [-0.15, -0.1) is 0 Å². The Hall–Kier alpha value is -5.19. The zero-order valence-electron chi connectivity index (χ0n) is 35.4. The van der Waals surface area contributed by atoms with Crippen molar-refractivity contribution in [2.45, 2.75) is 121 Å². The number of fused-ring (bicyclic) bond motifs is 3. The van der Waals surface area contributed by atoms with Crippen molar-refractivity contribution >= 4 is 44.6 Å². The number of nitrogens with one attached hydrogen (secondary N) is 2. The molecule has 2 saturated carbocycles. The Balaban J connectivity index is 1.26. The summed E-state index contributed by atoms with van der Waals surface area (Å²) in [5, 5.41) is 11.0. The Labute approximate surface area is 351 Å². The maximum Gasteiger partial charge on any atom is 0.408 e. The van der Waals surface area contributed by atoms with Crippen LogP contribution < -0.4 is 20.1 Å². The zero-order chi connectivity index (χ0) is 43.1. The van der Waals surface area contributed by atoms with Gasteiger partial charge in [0, 0.05) is 42.6 Å². The van der Waals surface area contributed by atoms with Gasteiger partial charge >= 0.3 is 6.09 Å². The van der Waals surface area contributed by atoms with E-state index in [4.69, 9.17) is 14.2 Å². The Morgan fingerprint density at radius 1 is 1.12 bits per heavy atom. The van der Waals surface area contributed by atoms with Crippen molar-refractivity contribution in [2.75, 3.05) is 20.7 Å². The first-order valence-electron chi connectivity index (χ1n) is 20.9. The van der Waals surface area contributed by atoms with Gasteiger partial charge in [0.2, 0.25) is 27.7 Å². The van der Waals surface area contributed by atoms with Gasteiger partial charge in [-0.3, -0.25) is 14.4 Å². The normalized spacial score (nSPS) is 28.0. The van der Waals surface area contributed by atoms with E-state index in [1.165, 1.54) is 11.9 Å². The molecule has 0 bridgehead atoms. The Morgan fingerprint density at radius 3 is 2.55 bits per heavy atom. The van der Waals surface area contributed by atoms with Crippen LogP contribution in [0.2, 0.25) is 0 Å². The van der Waals surface area contributed by atoms with E-state index in [1.54, 1.807) is 63.3 Å². The molecule has 3 fully saturated rings. The summed E-state index contributed by atoms with van der Waals surface area (Å²) in [6, 6.07) is 5.06. The van der Waals surface area contributed by atoms with Gasteiger partial charge in [-0.1, -0.05) is 32.4 Å². The lowest BCUT2D eigenvalue weighted by atomic mass is 9.85. The van der Waals surface area contributed by atoms with Gasteiger partial charge in [0.25, 0.3) is 5.91 Å². The molecule has 2 aliphatic carbocycles. The van der Waals surface area contributed by atoms with Crippen molar-refractivity contribution in [1.29, 1.82) is 0 Å². The molecule has 0 radical (unpaired) electrons. The average Bonchev–Trinajstić information content (AvgIpc) is 4.07. The molecule has 7 atom stereocenters. The number of aromatic nitrogens is 3. The number of ether oxygens (including phenoxy) is 3. The van der Waals surface area contributed by atoms with E-state index in [2.05, 4.69) is 27.6 Å². The third-order valence-corrected chi connectivity index (χ3v) is 14.3. The SMILES string of the molecule is CC[C@@H]1C[C@H](C)CC/C=C\[C@@H]2C[C@@]2(C(=O)N(C)S(=O)(=O)C2CC2)NC(=O)[C@@H]2C[C@@H](Oc3ncc(-n4cccn4)c4cc(OC)ccc34)CN2C(=O)[C@H]1NC(=O)OC(C)(C)C. The smallest absolute Gasteiger partial charge is 0.408 e. The third-order valence-electron chi connectivity index (χ3n) is 12.1. The molecule has 4 aliphatic rings. The number of alkyl carbamates (subject to hydrolysis) is 1. The number of benzene rings is 1. The number of carbonyl (C=O) groups is 4. The number of rotatable bonds is 9. The first-order valence-corrected chi connectivity index (χ1v) is 22.4. The summed E-state index contributed by atoms with van der Waals surface area (Å²) < 4.78 is 46.9. The molecule has 4 amide bonds. The molecule has 1 saturated heterocycles. The highest BCUT2D eigenvalue weighted by atomic mass is 32.2. The van der Waals surface area contributed by atoms with Crippen LogP contribution in [0.3, 0.4) is 0 Å². The molecule has 2 aromatic heterocycles. The van der Waals surface area contributed by atoms with Crippen molar-refractivity contribution in [1.82, 2.24) is 34.6 Å². The predicted molar refractivity (Wildman–Crippen MR) is 223 cm³/mol. The minimum absolute atomic E-state index is 0.0190. The van der Waals surface area contributed by atoms with Crippen LogP contribution in [-0.4, -0.2) is 111 Å². The second kappa shape index (κ2) is 16.7. The lowest BCUT2D eigenvalue weighted by Crippen LogP contribution is -2.59. The summed E-state index contributed by atoms with van der Waals surface area (Å²) in [5.74, 6) is -1.56. The molecule has 17 heteroatoms. The molecule has 60 heavy (non-hydrogen) atoms. The van der Waals surface area contributed by atoms with Gasteiger partial charge in [0.15, 0.2) is 0 Å². The molecule has 16 nitrogen and oxygen atoms in total. The lowest BCUT2D eigenvalue weighted by molar-refractivity contribution is -0.142. The van der Waals surface area contributed by atoms with E-state index in [1.807, 2.05) is 31.2 Å². The molecule has 0 spiro atoms. The highest BCUT2D eigenvalue weighted by molar-refractivity contribution is 7.90. The minimum atomic E-state index is -3.92. The molecule has 4 heterocycles. The molecule has 1 aromatic carbocycles. The second-order valence-electron chi connectivity index (χ2n) is 17.7. The van der Waals surface area contributed by atoms with Crippen LogP contribution in [0.5, 0.6) is 11.6 Å². The summed E-state index contributed by atoms with van der Waals surface area (Å²) in [7, 11) is -1.09. The van der Waals surface area contributed by atoms with E-state index < -0.39 is 74.3 Å². The number of carbonyl (C=O) groups excluding carboxylic acids is 4. The number of hydrogen-bond donors (Lipinski definition) is 2. The van der Waals surface area contributed by atoms with Crippen molar-refractivity contribution in [2.24, 2.45) is 17.8 Å². The lowest BCUT2D eigenvalue weighted by Gasteiger charge is -2.34.